The molecule has 0 spiro atoms. The van der Waals surface area contributed by atoms with Crippen LogP contribution < -0.4 is 41.5 Å². The highest BCUT2D eigenvalue weighted by Gasteiger charge is 2.42. The zero-order valence-corrected chi connectivity index (χ0v) is 40.0. The monoisotopic (exact) mass is 898 g/mol. The predicted molar refractivity (Wildman–Crippen MR) is 285 cm³/mol. The van der Waals surface area contributed by atoms with E-state index in [1.807, 2.05) is 0 Å². The van der Waals surface area contributed by atoms with Crippen LogP contribution in [0.4, 0.5) is 0 Å². The molecule has 0 bridgehead atoms. The average molecular weight is 899 g/mol. The third-order valence-electron chi connectivity index (χ3n) is 13.3. The van der Waals surface area contributed by atoms with E-state index in [2.05, 4.69) is 281 Å². The van der Waals surface area contributed by atoms with E-state index < -0.39 is 27.3 Å². The van der Waals surface area contributed by atoms with Gasteiger partial charge in [0.15, 0.2) is 25.9 Å². The Morgan fingerprint density at radius 1 is 0.258 bits per heavy atom. The molecule has 0 aromatic heterocycles. The van der Waals surface area contributed by atoms with Crippen LogP contribution in [0.25, 0.3) is 22.3 Å². The molecule has 10 rings (SSSR count). The van der Waals surface area contributed by atoms with Crippen molar-refractivity contribution in [2.75, 3.05) is 0 Å². The zero-order chi connectivity index (χ0) is 44.9. The molecule has 0 aliphatic rings. The highest BCUT2D eigenvalue weighted by Crippen LogP contribution is 2.32. The van der Waals surface area contributed by atoms with Crippen LogP contribution in [0, 0.1) is 13.8 Å². The molecule has 10 aromatic carbocycles. The summed E-state index contributed by atoms with van der Waals surface area (Å²) in [6, 6.07) is 97.3. The van der Waals surface area contributed by atoms with Crippen molar-refractivity contribution in [2.24, 2.45) is 0 Å². The Kier molecular flexibility index (Phi) is 12.2. The second kappa shape index (κ2) is 18.8. The maximum atomic E-state index is 14.4. The molecule has 0 aliphatic carbocycles. The molecule has 0 heterocycles. The van der Waals surface area contributed by atoms with Crippen molar-refractivity contribution in [3.05, 3.63) is 278 Å². The molecule has 0 saturated heterocycles. The van der Waals surface area contributed by atoms with Crippen molar-refractivity contribution in [1.29, 1.82) is 0 Å². The Labute approximate surface area is 395 Å². The lowest BCUT2D eigenvalue weighted by molar-refractivity contribution is 0.594. The minimum Gasteiger partial charge on any atom is -0.606 e. The second-order valence-corrected chi connectivity index (χ2v) is 26.1. The Morgan fingerprint density at radius 2 is 0.470 bits per heavy atom. The van der Waals surface area contributed by atoms with Gasteiger partial charge in [-0.05, 0) is 114 Å². The minimum atomic E-state index is -2.62. The van der Waals surface area contributed by atoms with Gasteiger partial charge in [-0.1, -0.05) is 231 Å². The van der Waals surface area contributed by atoms with E-state index in [1.54, 1.807) is 0 Å². The SMILES string of the molecule is Cc1cc(-c2ccc([Si](c3ccccc3)(c3ccccc3)c3ccccc3)cc2)ccc1[S+]([O-])c1ccc(-c2ccc([Si](c3ccccc3)(c3ccccc3)c3ccccc3)cc2)cc1C. The first-order valence-corrected chi connectivity index (χ1v) is 27.8. The second-order valence-electron chi connectivity index (χ2n) is 17.1. The first-order chi connectivity index (χ1) is 32.5. The van der Waals surface area contributed by atoms with Gasteiger partial charge in [0.25, 0.3) is 0 Å². The molecule has 0 unspecified atom stereocenters. The van der Waals surface area contributed by atoms with Gasteiger partial charge in [-0.3, -0.25) is 0 Å². The van der Waals surface area contributed by atoms with E-state index in [-0.39, 0.29) is 0 Å². The molecule has 0 radical (unpaired) electrons. The fourth-order valence-electron chi connectivity index (χ4n) is 10.1. The third kappa shape index (κ3) is 7.82. The van der Waals surface area contributed by atoms with Crippen LogP contribution in [-0.4, -0.2) is 20.7 Å². The van der Waals surface area contributed by atoms with Crippen LogP contribution in [-0.2, 0) is 11.2 Å². The summed E-state index contributed by atoms with van der Waals surface area (Å²) in [6.07, 6.45) is 0. The summed E-state index contributed by atoms with van der Waals surface area (Å²) in [4.78, 5) is 1.67. The number of benzene rings is 10. The van der Waals surface area contributed by atoms with Gasteiger partial charge in [0.1, 0.15) is 0 Å². The molecule has 0 saturated carbocycles. The first-order valence-electron chi connectivity index (χ1n) is 22.7. The average Bonchev–Trinajstić information content (AvgIpc) is 3.39. The number of hydrogen-bond acceptors (Lipinski definition) is 1. The fraction of sp³-hybridized carbons (Fsp3) is 0.0323. The van der Waals surface area contributed by atoms with Crippen LogP contribution >= 0.6 is 0 Å². The molecule has 66 heavy (non-hydrogen) atoms. The molecule has 10 aromatic rings. The fourth-order valence-corrected chi connectivity index (χ4v) is 21.0. The number of aryl methyl sites for hydroxylation is 2. The van der Waals surface area contributed by atoms with Crippen molar-refractivity contribution < 1.29 is 4.55 Å². The van der Waals surface area contributed by atoms with Gasteiger partial charge >= 0.3 is 0 Å². The van der Waals surface area contributed by atoms with Gasteiger partial charge in [0.2, 0.25) is 0 Å². The maximum absolute atomic E-state index is 14.4. The summed E-state index contributed by atoms with van der Waals surface area (Å²) >= 11 is -1.35. The highest BCUT2D eigenvalue weighted by molar-refractivity contribution is 7.91. The predicted octanol–water partition coefficient (Wildman–Crippen LogP) is 9.56. The third-order valence-corrected chi connectivity index (χ3v) is 24.6. The first kappa shape index (κ1) is 42.9. The summed E-state index contributed by atoms with van der Waals surface area (Å²) in [5.74, 6) is 0. The van der Waals surface area contributed by atoms with E-state index >= 15 is 0 Å². The molecule has 0 amide bonds. The topological polar surface area (TPSA) is 23.1 Å². The molecule has 0 N–H and O–H groups in total. The molecule has 0 atom stereocenters. The lowest BCUT2D eigenvalue weighted by Gasteiger charge is -2.34. The van der Waals surface area contributed by atoms with Gasteiger partial charge in [-0.25, -0.2) is 0 Å². The molecular weight excluding hydrogens is 849 g/mol. The van der Waals surface area contributed by atoms with Crippen LogP contribution in [0.15, 0.2) is 277 Å². The van der Waals surface area contributed by atoms with E-state index in [1.165, 1.54) is 41.5 Å². The van der Waals surface area contributed by atoms with Gasteiger partial charge in [0, 0.05) is 22.3 Å². The van der Waals surface area contributed by atoms with E-state index in [0.717, 1.165) is 43.2 Å². The van der Waals surface area contributed by atoms with Gasteiger partial charge in [-0.15, -0.1) is 0 Å². The minimum absolute atomic E-state index is 0.836. The van der Waals surface area contributed by atoms with Crippen LogP contribution in [0.5, 0.6) is 0 Å². The van der Waals surface area contributed by atoms with E-state index in [9.17, 15) is 4.55 Å². The summed E-state index contributed by atoms with van der Waals surface area (Å²) in [5.41, 5.74) is 6.52. The molecule has 0 aliphatic heterocycles. The molecule has 1 nitrogen and oxygen atoms in total. The Balaban J connectivity index is 0.937. The summed E-state index contributed by atoms with van der Waals surface area (Å²) in [5, 5.41) is 10.8. The summed E-state index contributed by atoms with van der Waals surface area (Å²) in [7, 11) is -5.23. The summed E-state index contributed by atoms with van der Waals surface area (Å²) in [6.45, 7) is 4.16. The zero-order valence-electron chi connectivity index (χ0n) is 37.2. The van der Waals surface area contributed by atoms with Crippen LogP contribution in [0.3, 0.4) is 0 Å². The van der Waals surface area contributed by atoms with Crippen molar-refractivity contribution in [1.82, 2.24) is 0 Å². The Morgan fingerprint density at radius 3 is 0.697 bits per heavy atom. The molecule has 4 heteroatoms. The highest BCUT2D eigenvalue weighted by atomic mass is 32.2. The summed E-state index contributed by atoms with van der Waals surface area (Å²) < 4.78 is 14.4. The standard InChI is InChI=1S/C62H50OSSi2/c1-47-45-51(49-33-39-59(40-34-49)65(53-21-9-3-10-22-53,54-23-11-4-12-24-54)55-25-13-5-14-26-55)37-43-61(47)64(63)62-44-38-52(46-48(62)2)50-35-41-60(42-36-50)66(56-27-15-6-16-28-56,57-29-17-7-18-30-57)58-31-19-8-20-32-58/h3-46H,1-2H3. The van der Waals surface area contributed by atoms with Crippen molar-refractivity contribution >= 4 is 68.8 Å². The Hall–Kier alpha value is -7.06. The maximum Gasteiger partial charge on any atom is 0.179 e. The number of rotatable bonds is 12. The molecule has 0 fully saturated rings. The molecular formula is C62H50OSSi2. The van der Waals surface area contributed by atoms with Crippen molar-refractivity contribution in [2.45, 2.75) is 23.6 Å². The van der Waals surface area contributed by atoms with Crippen LogP contribution in [0.2, 0.25) is 0 Å². The normalized spacial score (nSPS) is 11.7. The molecule has 318 valence electrons. The van der Waals surface area contributed by atoms with E-state index in [0.29, 0.717) is 0 Å². The van der Waals surface area contributed by atoms with Crippen LogP contribution in [0.1, 0.15) is 11.1 Å². The van der Waals surface area contributed by atoms with E-state index in [4.69, 9.17) is 0 Å². The Bertz CT molecular complexity index is 2770. The smallest absolute Gasteiger partial charge is 0.179 e. The lowest BCUT2D eigenvalue weighted by atomic mass is 10.0. The van der Waals surface area contributed by atoms with Gasteiger partial charge < -0.3 is 4.55 Å². The van der Waals surface area contributed by atoms with Gasteiger partial charge in [-0.2, -0.15) is 0 Å². The van der Waals surface area contributed by atoms with Crippen molar-refractivity contribution in [3.63, 3.8) is 0 Å². The lowest BCUT2D eigenvalue weighted by Crippen LogP contribution is -2.74. The number of hydrogen-bond donors (Lipinski definition) is 0. The van der Waals surface area contributed by atoms with Gasteiger partial charge in [0.05, 0.1) is 0 Å². The quantitative estimate of drug-likeness (QED) is 0.0682. The van der Waals surface area contributed by atoms with Crippen molar-refractivity contribution in [3.8, 4) is 22.3 Å². The largest absolute Gasteiger partial charge is 0.606 e.